The predicted octanol–water partition coefficient (Wildman–Crippen LogP) is 2.54. The number of H-pyrrole nitrogens is 1. The average Bonchev–Trinajstić information content (AvgIpc) is 3.56. The summed E-state index contributed by atoms with van der Waals surface area (Å²) in [5, 5.41) is 13.3. The lowest BCUT2D eigenvalue weighted by atomic mass is 10.1. The molecule has 0 saturated carbocycles. The molecule has 0 radical (unpaired) electrons. The second kappa shape index (κ2) is 6.61. The van der Waals surface area contributed by atoms with Crippen LogP contribution in [0, 0.1) is 0 Å². The van der Waals surface area contributed by atoms with Crippen LogP contribution < -0.4 is 0 Å². The normalized spacial score (nSPS) is 18.9. The van der Waals surface area contributed by atoms with Crippen LogP contribution in [0.2, 0.25) is 0 Å². The molecule has 30 heavy (non-hydrogen) atoms. The molecule has 1 amide bonds. The highest BCUT2D eigenvalue weighted by molar-refractivity contribution is 7.12. The Balaban J connectivity index is 1.28. The van der Waals surface area contributed by atoms with Gasteiger partial charge in [0.25, 0.3) is 5.91 Å². The number of hydrogen-bond acceptors (Lipinski definition) is 6. The standard InChI is InChI=1S/C21H19N7OS/c1-26-3-2-13-9-27(11-18(13)26)21(29)19-4-14(12-30-19)17-8-25-28-10-16(5-22-20(17)28)15-6-23-24-7-15/h2,4-8,10,12,18H,3,9,11H2,1H3,(H,23,24). The minimum Gasteiger partial charge on any atom is -0.332 e. The van der Waals surface area contributed by atoms with Crippen LogP contribution in [-0.4, -0.2) is 73.2 Å². The fourth-order valence-corrected chi connectivity index (χ4v) is 5.14. The van der Waals surface area contributed by atoms with Gasteiger partial charge in [-0.3, -0.25) is 14.8 Å². The van der Waals surface area contributed by atoms with E-state index >= 15 is 0 Å². The van der Waals surface area contributed by atoms with Crippen molar-refractivity contribution in [2.45, 2.75) is 6.04 Å². The number of aromatic amines is 1. The van der Waals surface area contributed by atoms with E-state index in [4.69, 9.17) is 0 Å². The highest BCUT2D eigenvalue weighted by Gasteiger charge is 2.36. The van der Waals surface area contributed by atoms with Crippen molar-refractivity contribution in [1.82, 2.24) is 34.6 Å². The van der Waals surface area contributed by atoms with Crippen LogP contribution in [0.15, 0.2) is 54.1 Å². The molecule has 1 unspecified atom stereocenters. The number of hydrogen-bond donors (Lipinski definition) is 1. The van der Waals surface area contributed by atoms with Gasteiger partial charge in [0.05, 0.1) is 23.3 Å². The quantitative estimate of drug-likeness (QED) is 0.518. The first kappa shape index (κ1) is 17.5. The number of carbonyl (C=O) groups excluding carboxylic acids is 1. The smallest absolute Gasteiger partial charge is 0.264 e. The number of aromatic nitrogens is 5. The topological polar surface area (TPSA) is 82.4 Å². The van der Waals surface area contributed by atoms with Gasteiger partial charge in [-0.2, -0.15) is 10.2 Å². The van der Waals surface area contributed by atoms with Gasteiger partial charge in [-0.05, 0) is 29.6 Å². The number of likely N-dealkylation sites (N-methyl/N-ethyl adjacent to an activating group) is 1. The predicted molar refractivity (Wildman–Crippen MR) is 114 cm³/mol. The maximum atomic E-state index is 13.1. The molecule has 2 aliphatic heterocycles. The maximum absolute atomic E-state index is 13.1. The summed E-state index contributed by atoms with van der Waals surface area (Å²) in [6, 6.07) is 2.34. The van der Waals surface area contributed by atoms with Crippen LogP contribution in [0.4, 0.5) is 0 Å². The van der Waals surface area contributed by atoms with Crippen LogP contribution in [0.1, 0.15) is 9.67 Å². The van der Waals surface area contributed by atoms with Gasteiger partial charge in [-0.1, -0.05) is 6.08 Å². The van der Waals surface area contributed by atoms with Crippen molar-refractivity contribution < 1.29 is 4.79 Å². The number of thiophene rings is 1. The van der Waals surface area contributed by atoms with Crippen molar-refractivity contribution in [2.24, 2.45) is 0 Å². The lowest BCUT2D eigenvalue weighted by molar-refractivity contribution is 0.0786. The third-order valence-corrected chi connectivity index (χ3v) is 6.88. The van der Waals surface area contributed by atoms with Gasteiger partial charge in [0, 0.05) is 54.9 Å². The van der Waals surface area contributed by atoms with E-state index < -0.39 is 0 Å². The van der Waals surface area contributed by atoms with E-state index in [-0.39, 0.29) is 5.91 Å². The average molecular weight is 417 g/mol. The molecular formula is C21H19N7OS. The van der Waals surface area contributed by atoms with E-state index in [0.29, 0.717) is 6.04 Å². The Labute approximate surface area is 176 Å². The zero-order valence-corrected chi connectivity index (χ0v) is 17.1. The first-order valence-corrected chi connectivity index (χ1v) is 10.7. The summed E-state index contributed by atoms with van der Waals surface area (Å²) in [4.78, 5) is 22.7. The summed E-state index contributed by atoms with van der Waals surface area (Å²) in [5.41, 5.74) is 5.92. The van der Waals surface area contributed by atoms with Gasteiger partial charge >= 0.3 is 0 Å². The molecule has 0 aromatic carbocycles. The number of carbonyl (C=O) groups is 1. The lowest BCUT2D eigenvalue weighted by Crippen LogP contribution is -2.34. The molecule has 0 bridgehead atoms. The number of likely N-dealkylation sites (tertiary alicyclic amines) is 1. The third-order valence-electron chi connectivity index (χ3n) is 5.96. The van der Waals surface area contributed by atoms with Gasteiger partial charge in [-0.25, -0.2) is 9.50 Å². The SMILES string of the molecule is CN1CC=C2CN(C(=O)c3cc(-c4cnn5cc(-c6cn[nH]c6)cnc45)cs3)CC21. The second-order valence-corrected chi connectivity index (χ2v) is 8.69. The molecule has 6 heterocycles. The Bertz CT molecular complexity index is 1290. The molecule has 1 N–H and O–H groups in total. The molecule has 150 valence electrons. The largest absolute Gasteiger partial charge is 0.332 e. The van der Waals surface area contributed by atoms with Crippen molar-refractivity contribution >= 4 is 22.9 Å². The molecule has 1 fully saturated rings. The fourth-order valence-electron chi connectivity index (χ4n) is 4.26. The Morgan fingerprint density at radius 2 is 2.17 bits per heavy atom. The number of rotatable bonds is 3. The molecule has 4 aromatic heterocycles. The van der Waals surface area contributed by atoms with Gasteiger partial charge < -0.3 is 4.90 Å². The Morgan fingerprint density at radius 3 is 3.00 bits per heavy atom. The van der Waals surface area contributed by atoms with E-state index in [1.165, 1.54) is 16.9 Å². The maximum Gasteiger partial charge on any atom is 0.264 e. The minimum atomic E-state index is 0.0987. The van der Waals surface area contributed by atoms with Crippen LogP contribution in [0.3, 0.4) is 0 Å². The molecule has 2 aliphatic rings. The van der Waals surface area contributed by atoms with Crippen molar-refractivity contribution in [3.63, 3.8) is 0 Å². The van der Waals surface area contributed by atoms with E-state index in [1.807, 2.05) is 34.9 Å². The number of amides is 1. The third kappa shape index (κ3) is 2.70. The van der Waals surface area contributed by atoms with Gasteiger partial charge in [-0.15, -0.1) is 11.3 Å². The van der Waals surface area contributed by atoms with Crippen LogP contribution in [0.5, 0.6) is 0 Å². The number of fused-ring (bicyclic) bond motifs is 2. The van der Waals surface area contributed by atoms with Crippen molar-refractivity contribution in [3.8, 4) is 22.3 Å². The minimum absolute atomic E-state index is 0.0987. The van der Waals surface area contributed by atoms with Crippen molar-refractivity contribution in [3.05, 3.63) is 59.0 Å². The van der Waals surface area contributed by atoms with Crippen LogP contribution in [-0.2, 0) is 0 Å². The van der Waals surface area contributed by atoms with E-state index in [0.717, 1.165) is 52.4 Å². The molecule has 0 spiro atoms. The molecule has 0 aliphatic carbocycles. The van der Waals surface area contributed by atoms with Gasteiger partial charge in [0.2, 0.25) is 0 Å². The van der Waals surface area contributed by atoms with Crippen LogP contribution in [0.25, 0.3) is 27.9 Å². The van der Waals surface area contributed by atoms with Crippen molar-refractivity contribution in [2.75, 3.05) is 26.7 Å². The molecule has 8 nitrogen and oxygen atoms in total. The monoisotopic (exact) mass is 417 g/mol. The second-order valence-electron chi connectivity index (χ2n) is 7.78. The Morgan fingerprint density at radius 1 is 1.23 bits per heavy atom. The summed E-state index contributed by atoms with van der Waals surface area (Å²) in [6.07, 6.45) is 11.4. The Hall–Kier alpha value is -3.30. The summed E-state index contributed by atoms with van der Waals surface area (Å²) in [6.45, 7) is 2.48. The molecule has 1 saturated heterocycles. The molecule has 9 heteroatoms. The van der Waals surface area contributed by atoms with Gasteiger partial charge in [0.15, 0.2) is 5.65 Å². The van der Waals surface area contributed by atoms with E-state index in [2.05, 4.69) is 38.3 Å². The van der Waals surface area contributed by atoms with Crippen LogP contribution >= 0.6 is 11.3 Å². The lowest BCUT2D eigenvalue weighted by Gasteiger charge is -2.19. The zero-order valence-electron chi connectivity index (χ0n) is 16.3. The van der Waals surface area contributed by atoms with Gasteiger partial charge in [0.1, 0.15) is 0 Å². The number of nitrogens with zero attached hydrogens (tertiary/aromatic N) is 6. The first-order valence-electron chi connectivity index (χ1n) is 9.77. The summed E-state index contributed by atoms with van der Waals surface area (Å²) in [5.74, 6) is 0.0987. The highest BCUT2D eigenvalue weighted by Crippen LogP contribution is 2.32. The highest BCUT2D eigenvalue weighted by atomic mass is 32.1. The number of nitrogens with one attached hydrogen (secondary N) is 1. The molecular weight excluding hydrogens is 398 g/mol. The van der Waals surface area contributed by atoms with Crippen molar-refractivity contribution in [1.29, 1.82) is 0 Å². The Kier molecular flexibility index (Phi) is 3.87. The first-order chi connectivity index (χ1) is 14.7. The molecule has 1 atom stereocenters. The molecule has 4 aromatic rings. The summed E-state index contributed by atoms with van der Waals surface area (Å²) in [7, 11) is 2.11. The zero-order chi connectivity index (χ0) is 20.2. The van der Waals surface area contributed by atoms with E-state index in [1.54, 1.807) is 16.9 Å². The summed E-state index contributed by atoms with van der Waals surface area (Å²) < 4.78 is 1.76. The summed E-state index contributed by atoms with van der Waals surface area (Å²) >= 11 is 1.48. The molecule has 6 rings (SSSR count). The fraction of sp³-hybridized carbons (Fsp3) is 0.238. The van der Waals surface area contributed by atoms with E-state index in [9.17, 15) is 4.79 Å².